The van der Waals surface area contributed by atoms with Crippen molar-refractivity contribution >= 4 is 5.95 Å². The van der Waals surface area contributed by atoms with Gasteiger partial charge < -0.3 is 9.88 Å². The van der Waals surface area contributed by atoms with E-state index in [0.29, 0.717) is 0 Å². The van der Waals surface area contributed by atoms with E-state index in [0.717, 1.165) is 30.6 Å². The van der Waals surface area contributed by atoms with E-state index in [1.165, 1.54) is 32.1 Å². The van der Waals surface area contributed by atoms with Crippen LogP contribution in [0.2, 0.25) is 0 Å². The molecule has 1 aliphatic rings. The lowest BCUT2D eigenvalue weighted by molar-refractivity contribution is 0.332. The second-order valence-electron chi connectivity index (χ2n) is 4.93. The third kappa shape index (κ3) is 2.77. The number of hydrogen-bond acceptors (Lipinski definition) is 2. The third-order valence-electron chi connectivity index (χ3n) is 3.42. The van der Waals surface area contributed by atoms with Gasteiger partial charge in [-0.3, -0.25) is 0 Å². The van der Waals surface area contributed by atoms with Crippen molar-refractivity contribution < 1.29 is 0 Å². The summed E-state index contributed by atoms with van der Waals surface area (Å²) in [4.78, 5) is 4.55. The summed E-state index contributed by atoms with van der Waals surface area (Å²) < 4.78 is 2.26. The van der Waals surface area contributed by atoms with Crippen molar-refractivity contribution in [2.24, 2.45) is 5.92 Å². The highest BCUT2D eigenvalue weighted by atomic mass is 15.2. The van der Waals surface area contributed by atoms with Gasteiger partial charge in [-0.15, -0.1) is 0 Å². The van der Waals surface area contributed by atoms with Crippen LogP contribution in [0.1, 0.15) is 44.7 Å². The average molecular weight is 221 g/mol. The SMILES string of the molecule is CCCCn1cc(C)nc1NCC1CCC1. The number of nitrogens with one attached hydrogen (secondary N) is 1. The van der Waals surface area contributed by atoms with E-state index in [9.17, 15) is 0 Å². The first-order valence-corrected chi connectivity index (χ1v) is 6.57. The van der Waals surface area contributed by atoms with Gasteiger partial charge in [0.1, 0.15) is 0 Å². The monoisotopic (exact) mass is 221 g/mol. The fourth-order valence-corrected chi connectivity index (χ4v) is 2.12. The lowest BCUT2D eigenvalue weighted by Crippen LogP contribution is -2.22. The molecule has 0 spiro atoms. The summed E-state index contributed by atoms with van der Waals surface area (Å²) in [6, 6.07) is 0. The van der Waals surface area contributed by atoms with Crippen LogP contribution >= 0.6 is 0 Å². The minimum atomic E-state index is 0.886. The molecular formula is C13H23N3. The number of aromatic nitrogens is 2. The Labute approximate surface area is 98.3 Å². The molecule has 90 valence electrons. The molecule has 2 rings (SSSR count). The van der Waals surface area contributed by atoms with Crippen LogP contribution in [-0.4, -0.2) is 16.1 Å². The molecule has 0 radical (unpaired) electrons. The second kappa shape index (κ2) is 5.37. The maximum atomic E-state index is 4.55. The number of imidazole rings is 1. The van der Waals surface area contributed by atoms with Crippen LogP contribution < -0.4 is 5.32 Å². The Morgan fingerprint density at radius 3 is 2.94 bits per heavy atom. The standard InChI is InChI=1S/C13H23N3/c1-3-4-8-16-10-11(2)15-13(16)14-9-12-6-5-7-12/h10,12H,3-9H2,1-2H3,(H,14,15). The predicted molar refractivity (Wildman–Crippen MR) is 67.7 cm³/mol. The van der Waals surface area contributed by atoms with Crippen molar-refractivity contribution in [3.63, 3.8) is 0 Å². The highest BCUT2D eigenvalue weighted by Crippen LogP contribution is 2.26. The van der Waals surface area contributed by atoms with Crippen LogP contribution in [0, 0.1) is 12.8 Å². The quantitative estimate of drug-likeness (QED) is 0.799. The summed E-state index contributed by atoms with van der Waals surface area (Å²) in [7, 11) is 0. The van der Waals surface area contributed by atoms with Gasteiger partial charge in [0.15, 0.2) is 0 Å². The van der Waals surface area contributed by atoms with Crippen molar-refractivity contribution in [2.75, 3.05) is 11.9 Å². The molecule has 0 amide bonds. The Bertz CT molecular complexity index is 326. The Kier molecular flexibility index (Phi) is 3.86. The Morgan fingerprint density at radius 2 is 2.31 bits per heavy atom. The minimum absolute atomic E-state index is 0.886. The van der Waals surface area contributed by atoms with Crippen molar-refractivity contribution in [3.05, 3.63) is 11.9 Å². The van der Waals surface area contributed by atoms with Crippen LogP contribution in [0.5, 0.6) is 0 Å². The molecule has 16 heavy (non-hydrogen) atoms. The van der Waals surface area contributed by atoms with E-state index < -0.39 is 0 Å². The first-order valence-electron chi connectivity index (χ1n) is 6.57. The van der Waals surface area contributed by atoms with E-state index >= 15 is 0 Å². The van der Waals surface area contributed by atoms with Gasteiger partial charge in [0.25, 0.3) is 0 Å². The van der Waals surface area contributed by atoms with Crippen LogP contribution in [0.25, 0.3) is 0 Å². The molecule has 1 aromatic rings. The molecule has 1 heterocycles. The van der Waals surface area contributed by atoms with E-state index in [1.54, 1.807) is 0 Å². The highest BCUT2D eigenvalue weighted by Gasteiger charge is 2.17. The van der Waals surface area contributed by atoms with Gasteiger partial charge in [0.05, 0.1) is 5.69 Å². The largest absolute Gasteiger partial charge is 0.355 e. The number of hydrogen-bond donors (Lipinski definition) is 1. The number of anilines is 1. The molecule has 3 heteroatoms. The first kappa shape index (κ1) is 11.5. The molecule has 0 aromatic carbocycles. The Hall–Kier alpha value is -0.990. The van der Waals surface area contributed by atoms with E-state index in [1.807, 2.05) is 0 Å². The van der Waals surface area contributed by atoms with Gasteiger partial charge in [-0.05, 0) is 32.1 Å². The fraction of sp³-hybridized carbons (Fsp3) is 0.769. The average Bonchev–Trinajstić information content (AvgIpc) is 2.54. The van der Waals surface area contributed by atoms with E-state index in [-0.39, 0.29) is 0 Å². The van der Waals surface area contributed by atoms with Gasteiger partial charge in [-0.1, -0.05) is 19.8 Å². The van der Waals surface area contributed by atoms with Crippen LogP contribution in [0.15, 0.2) is 6.20 Å². The Morgan fingerprint density at radius 1 is 1.50 bits per heavy atom. The molecule has 0 unspecified atom stereocenters. The lowest BCUT2D eigenvalue weighted by atomic mass is 9.85. The van der Waals surface area contributed by atoms with Gasteiger partial charge in [-0.25, -0.2) is 4.98 Å². The summed E-state index contributed by atoms with van der Waals surface area (Å²) in [5.41, 5.74) is 1.12. The molecule has 0 bridgehead atoms. The van der Waals surface area contributed by atoms with Crippen molar-refractivity contribution in [2.45, 2.75) is 52.5 Å². The van der Waals surface area contributed by atoms with E-state index in [2.05, 4.69) is 34.9 Å². The maximum absolute atomic E-state index is 4.55. The molecule has 0 atom stereocenters. The summed E-state index contributed by atoms with van der Waals surface area (Å²) in [6.07, 6.45) is 8.81. The van der Waals surface area contributed by atoms with E-state index in [4.69, 9.17) is 0 Å². The number of nitrogens with zero attached hydrogens (tertiary/aromatic N) is 2. The molecule has 1 aromatic heterocycles. The van der Waals surface area contributed by atoms with Crippen LogP contribution in [0.3, 0.4) is 0 Å². The highest BCUT2D eigenvalue weighted by molar-refractivity contribution is 5.28. The summed E-state index contributed by atoms with van der Waals surface area (Å²) >= 11 is 0. The molecule has 1 N–H and O–H groups in total. The zero-order valence-electron chi connectivity index (χ0n) is 10.5. The van der Waals surface area contributed by atoms with Crippen molar-refractivity contribution in [1.29, 1.82) is 0 Å². The lowest BCUT2D eigenvalue weighted by Gasteiger charge is -2.25. The fourth-order valence-electron chi connectivity index (χ4n) is 2.12. The number of rotatable bonds is 6. The first-order chi connectivity index (χ1) is 7.79. The van der Waals surface area contributed by atoms with Crippen LogP contribution in [-0.2, 0) is 6.54 Å². The summed E-state index contributed by atoms with van der Waals surface area (Å²) in [6.45, 7) is 6.48. The second-order valence-corrected chi connectivity index (χ2v) is 4.93. The van der Waals surface area contributed by atoms with Crippen LogP contribution in [0.4, 0.5) is 5.95 Å². The zero-order valence-corrected chi connectivity index (χ0v) is 10.5. The molecule has 1 fully saturated rings. The number of aryl methyl sites for hydroxylation is 2. The van der Waals surface area contributed by atoms with Crippen molar-refractivity contribution in [3.8, 4) is 0 Å². The Balaban J connectivity index is 1.89. The molecule has 0 aliphatic heterocycles. The normalized spacial score (nSPS) is 16.1. The number of unbranched alkanes of at least 4 members (excludes halogenated alkanes) is 1. The topological polar surface area (TPSA) is 29.9 Å². The smallest absolute Gasteiger partial charge is 0.203 e. The molecular weight excluding hydrogens is 198 g/mol. The summed E-state index contributed by atoms with van der Waals surface area (Å²) in [5, 5.41) is 3.50. The predicted octanol–water partition coefficient (Wildman–Crippen LogP) is 3.20. The minimum Gasteiger partial charge on any atom is -0.355 e. The molecule has 1 saturated carbocycles. The molecule has 3 nitrogen and oxygen atoms in total. The summed E-state index contributed by atoms with van der Waals surface area (Å²) in [5.74, 6) is 1.95. The van der Waals surface area contributed by atoms with Gasteiger partial charge in [0.2, 0.25) is 5.95 Å². The van der Waals surface area contributed by atoms with Gasteiger partial charge >= 0.3 is 0 Å². The third-order valence-corrected chi connectivity index (χ3v) is 3.42. The van der Waals surface area contributed by atoms with Gasteiger partial charge in [0, 0.05) is 19.3 Å². The maximum Gasteiger partial charge on any atom is 0.203 e. The van der Waals surface area contributed by atoms with Gasteiger partial charge in [-0.2, -0.15) is 0 Å². The molecule has 1 aliphatic carbocycles. The zero-order chi connectivity index (χ0) is 11.4. The van der Waals surface area contributed by atoms with Crippen molar-refractivity contribution in [1.82, 2.24) is 9.55 Å². The molecule has 0 saturated heterocycles.